The molecule has 0 amide bonds. The minimum atomic E-state index is -1.68. The maximum absolute atomic E-state index is 11.3. The van der Waals surface area contributed by atoms with Gasteiger partial charge in [-0.2, -0.15) is 0 Å². The van der Waals surface area contributed by atoms with Gasteiger partial charge in [0.25, 0.3) is 0 Å². The minimum Gasteiger partial charge on any atom is -0.146 e. The van der Waals surface area contributed by atoms with Crippen LogP contribution < -0.4 is 0 Å². The first-order valence-electron chi connectivity index (χ1n) is 4.15. The molecule has 1 rings (SSSR count). The monoisotopic (exact) mass is 251 g/mol. The molecule has 14 heavy (non-hydrogen) atoms. The highest BCUT2D eigenvalue weighted by Gasteiger charge is 2.19. The van der Waals surface area contributed by atoms with Gasteiger partial charge in [-0.05, 0) is 29.7 Å². The van der Waals surface area contributed by atoms with Gasteiger partial charge in [-0.1, -0.05) is 23.2 Å². The number of benzene rings is 1. The first-order valence-corrected chi connectivity index (χ1v) is 6.27. The van der Waals surface area contributed by atoms with E-state index in [1.165, 1.54) is 0 Å². The number of rotatable bonds is 4. The number of halogens is 2. The summed E-state index contributed by atoms with van der Waals surface area (Å²) in [6, 6.07) is 5.09. The molecule has 0 spiro atoms. The van der Waals surface area contributed by atoms with Crippen LogP contribution in [0.1, 0.15) is 12.5 Å². The van der Waals surface area contributed by atoms with Gasteiger partial charge in [0.05, 0.1) is 6.61 Å². The number of hydrogen-bond donors (Lipinski definition) is 0. The molecular formula is C9H10Cl2O2P+. The smallest absolute Gasteiger partial charge is 0.146 e. The van der Waals surface area contributed by atoms with Crippen molar-refractivity contribution in [3.8, 4) is 0 Å². The maximum Gasteiger partial charge on any atom is 0.512 e. The quantitative estimate of drug-likeness (QED) is 0.748. The second-order valence-electron chi connectivity index (χ2n) is 2.64. The van der Waals surface area contributed by atoms with Crippen LogP contribution in [0.15, 0.2) is 18.2 Å². The van der Waals surface area contributed by atoms with E-state index in [0.29, 0.717) is 22.8 Å². The Labute approximate surface area is 94.0 Å². The Bertz CT molecular complexity index is 342. The standard InChI is InChI=1S/C9H10Cl2O2P/c1-2-13-14(12)6-7-5-8(10)3-4-9(7)11/h3-5H,2,6H2,1H3/q+1. The van der Waals surface area contributed by atoms with Crippen molar-refractivity contribution in [3.63, 3.8) is 0 Å². The summed E-state index contributed by atoms with van der Waals surface area (Å²) in [4.78, 5) is 0. The van der Waals surface area contributed by atoms with Crippen molar-refractivity contribution in [1.82, 2.24) is 0 Å². The lowest BCUT2D eigenvalue weighted by Gasteiger charge is -1.97. The van der Waals surface area contributed by atoms with E-state index in [2.05, 4.69) is 0 Å². The van der Waals surface area contributed by atoms with Gasteiger partial charge in [0.2, 0.25) is 6.16 Å². The van der Waals surface area contributed by atoms with Crippen molar-refractivity contribution >= 4 is 31.2 Å². The lowest BCUT2D eigenvalue weighted by atomic mass is 10.2. The van der Waals surface area contributed by atoms with Crippen LogP contribution in [0.4, 0.5) is 0 Å². The molecule has 0 heterocycles. The summed E-state index contributed by atoms with van der Waals surface area (Å²) in [5.41, 5.74) is 0.758. The fourth-order valence-electron chi connectivity index (χ4n) is 0.993. The number of hydrogen-bond acceptors (Lipinski definition) is 2. The summed E-state index contributed by atoms with van der Waals surface area (Å²) in [5.74, 6) is 0. The molecule has 0 aliphatic carbocycles. The van der Waals surface area contributed by atoms with Gasteiger partial charge in [-0.15, -0.1) is 4.52 Å². The van der Waals surface area contributed by atoms with Gasteiger partial charge < -0.3 is 0 Å². The van der Waals surface area contributed by atoms with Gasteiger partial charge in [-0.3, -0.25) is 0 Å². The largest absolute Gasteiger partial charge is 0.512 e. The Kier molecular flexibility index (Phi) is 4.83. The molecule has 0 aliphatic heterocycles. The Morgan fingerprint density at radius 3 is 2.79 bits per heavy atom. The van der Waals surface area contributed by atoms with E-state index < -0.39 is 8.03 Å². The molecule has 0 N–H and O–H groups in total. The SMILES string of the molecule is CCO[P+](=O)Cc1cc(Cl)ccc1Cl. The topological polar surface area (TPSA) is 26.3 Å². The molecule has 1 unspecified atom stereocenters. The van der Waals surface area contributed by atoms with Gasteiger partial charge in [0, 0.05) is 15.6 Å². The van der Waals surface area contributed by atoms with E-state index in [4.69, 9.17) is 27.7 Å². The van der Waals surface area contributed by atoms with E-state index >= 15 is 0 Å². The summed E-state index contributed by atoms with van der Waals surface area (Å²) in [7, 11) is -1.68. The van der Waals surface area contributed by atoms with Crippen LogP contribution >= 0.6 is 31.2 Å². The third kappa shape index (κ3) is 3.55. The van der Waals surface area contributed by atoms with Crippen molar-refractivity contribution < 1.29 is 9.09 Å². The third-order valence-electron chi connectivity index (χ3n) is 1.58. The molecule has 1 aromatic carbocycles. The van der Waals surface area contributed by atoms with Crippen LogP contribution in [-0.2, 0) is 15.3 Å². The molecule has 2 nitrogen and oxygen atoms in total. The summed E-state index contributed by atoms with van der Waals surface area (Å²) in [6.07, 6.45) is 0.308. The summed E-state index contributed by atoms with van der Waals surface area (Å²) in [6.45, 7) is 2.24. The van der Waals surface area contributed by atoms with Crippen LogP contribution in [0.25, 0.3) is 0 Å². The predicted molar refractivity (Wildman–Crippen MR) is 59.4 cm³/mol. The van der Waals surface area contributed by atoms with Crippen molar-refractivity contribution in [2.75, 3.05) is 6.61 Å². The Morgan fingerprint density at radius 2 is 2.14 bits per heavy atom. The third-order valence-corrected chi connectivity index (χ3v) is 3.33. The molecule has 0 bridgehead atoms. The fourth-order valence-corrected chi connectivity index (χ4v) is 2.38. The van der Waals surface area contributed by atoms with Crippen molar-refractivity contribution in [2.24, 2.45) is 0 Å². The molecular weight excluding hydrogens is 242 g/mol. The highest BCUT2D eigenvalue weighted by Crippen LogP contribution is 2.32. The van der Waals surface area contributed by atoms with Crippen molar-refractivity contribution in [1.29, 1.82) is 0 Å². The molecule has 0 saturated carbocycles. The first kappa shape index (κ1) is 11.9. The van der Waals surface area contributed by atoms with E-state index in [0.717, 1.165) is 5.56 Å². The van der Waals surface area contributed by atoms with E-state index in [1.54, 1.807) is 25.1 Å². The average molecular weight is 252 g/mol. The summed E-state index contributed by atoms with van der Waals surface area (Å²) in [5, 5.41) is 1.15. The second kappa shape index (κ2) is 5.67. The van der Waals surface area contributed by atoms with Gasteiger partial charge >= 0.3 is 8.03 Å². The highest BCUT2D eigenvalue weighted by atomic mass is 35.5. The first-order chi connectivity index (χ1) is 6.63. The maximum atomic E-state index is 11.3. The van der Waals surface area contributed by atoms with E-state index in [-0.39, 0.29) is 0 Å². The second-order valence-corrected chi connectivity index (χ2v) is 4.73. The van der Waals surface area contributed by atoms with E-state index in [9.17, 15) is 4.57 Å². The van der Waals surface area contributed by atoms with Crippen LogP contribution in [-0.4, -0.2) is 6.61 Å². The Morgan fingerprint density at radius 1 is 1.43 bits per heavy atom. The zero-order valence-corrected chi connectivity index (χ0v) is 10.1. The normalized spacial score (nSPS) is 11.5. The van der Waals surface area contributed by atoms with Gasteiger partial charge in [-0.25, -0.2) is 0 Å². The van der Waals surface area contributed by atoms with Gasteiger partial charge in [0.1, 0.15) is 0 Å². The van der Waals surface area contributed by atoms with E-state index in [1.807, 2.05) is 0 Å². The molecule has 76 valence electrons. The van der Waals surface area contributed by atoms with Gasteiger partial charge in [0.15, 0.2) is 0 Å². The minimum absolute atomic E-state index is 0.308. The molecule has 0 saturated heterocycles. The molecule has 1 atom stereocenters. The zero-order chi connectivity index (χ0) is 10.6. The molecule has 0 radical (unpaired) electrons. The highest BCUT2D eigenvalue weighted by molar-refractivity contribution is 7.38. The zero-order valence-electron chi connectivity index (χ0n) is 7.67. The molecule has 5 heteroatoms. The predicted octanol–water partition coefficient (Wildman–Crippen LogP) is 4.27. The van der Waals surface area contributed by atoms with Crippen LogP contribution in [0.3, 0.4) is 0 Å². The lowest BCUT2D eigenvalue weighted by Crippen LogP contribution is -1.85. The molecule has 0 aromatic heterocycles. The molecule has 0 fully saturated rings. The summed E-state index contributed by atoms with van der Waals surface area (Å²) >= 11 is 11.7. The molecule has 0 aliphatic rings. The van der Waals surface area contributed by atoms with Crippen LogP contribution in [0.5, 0.6) is 0 Å². The summed E-state index contributed by atoms with van der Waals surface area (Å²) < 4.78 is 16.2. The fraction of sp³-hybridized carbons (Fsp3) is 0.333. The van der Waals surface area contributed by atoms with Crippen molar-refractivity contribution in [2.45, 2.75) is 13.1 Å². The van der Waals surface area contributed by atoms with Crippen LogP contribution in [0, 0.1) is 0 Å². The Balaban J connectivity index is 2.75. The van der Waals surface area contributed by atoms with Crippen molar-refractivity contribution in [3.05, 3.63) is 33.8 Å². The van der Waals surface area contributed by atoms with Crippen LogP contribution in [0.2, 0.25) is 10.0 Å². The molecule has 1 aromatic rings. The lowest BCUT2D eigenvalue weighted by molar-refractivity contribution is 0.350. The average Bonchev–Trinajstić information content (AvgIpc) is 2.12. The Hall–Kier alpha value is -0.140.